The van der Waals surface area contributed by atoms with E-state index < -0.39 is 17.2 Å². The van der Waals surface area contributed by atoms with Crippen LogP contribution in [0.5, 0.6) is 5.75 Å². The number of nitrogens with zero attached hydrogens (tertiary/aromatic N) is 1. The number of halogens is 1. The highest BCUT2D eigenvalue weighted by Crippen LogP contribution is 2.46. The molecule has 1 N–H and O–H groups in total. The third-order valence-corrected chi connectivity index (χ3v) is 5.83. The van der Waals surface area contributed by atoms with Crippen molar-refractivity contribution in [2.45, 2.75) is 57.5 Å². The lowest BCUT2D eigenvalue weighted by molar-refractivity contribution is -0.145. The van der Waals surface area contributed by atoms with E-state index in [9.17, 15) is 14.7 Å². The molecule has 0 radical (unpaired) electrons. The number of carbonyl (C=O) groups excluding carboxylic acids is 1. The molecular weight excluding hydrogens is 370 g/mol. The summed E-state index contributed by atoms with van der Waals surface area (Å²) in [5.41, 5.74) is 0.924. The Balaban J connectivity index is 1.75. The predicted molar refractivity (Wildman–Crippen MR) is 101 cm³/mol. The van der Waals surface area contributed by atoms with Crippen molar-refractivity contribution in [2.24, 2.45) is 5.92 Å². The van der Waals surface area contributed by atoms with Gasteiger partial charge in [0, 0.05) is 5.54 Å². The molecule has 0 spiro atoms. The Bertz CT molecular complexity index is 766. The van der Waals surface area contributed by atoms with E-state index in [2.05, 4.69) is 0 Å². The molecular formula is C20H26ClNO5. The number of ether oxygens (including phenoxy) is 2. The molecule has 3 rings (SSSR count). The maximum atomic E-state index is 11.8. The minimum Gasteiger partial charge on any atom is -0.490 e. The van der Waals surface area contributed by atoms with Gasteiger partial charge in [-0.15, -0.1) is 0 Å². The summed E-state index contributed by atoms with van der Waals surface area (Å²) in [5.74, 6) is 0.0892. The second kappa shape index (κ2) is 6.89. The summed E-state index contributed by atoms with van der Waals surface area (Å²) >= 11 is 6.54. The Morgan fingerprint density at radius 1 is 1.30 bits per heavy atom. The smallest absolute Gasteiger partial charge is 0.408 e. The number of fused-ring (bicyclic) bond motifs is 1. The highest BCUT2D eigenvalue weighted by atomic mass is 35.5. The molecule has 1 aromatic rings. The Hall–Kier alpha value is -1.95. The summed E-state index contributed by atoms with van der Waals surface area (Å²) in [6, 6.07) is 3.73. The number of methoxy groups -OCH3 is 1. The Morgan fingerprint density at radius 2 is 1.96 bits per heavy atom. The number of amides is 1. The first-order valence-corrected chi connectivity index (χ1v) is 9.51. The van der Waals surface area contributed by atoms with Crippen molar-refractivity contribution < 1.29 is 24.2 Å². The van der Waals surface area contributed by atoms with Crippen LogP contribution in [0.4, 0.5) is 4.79 Å². The van der Waals surface area contributed by atoms with Crippen molar-refractivity contribution >= 4 is 23.7 Å². The number of esters is 1. The second-order valence-electron chi connectivity index (χ2n) is 8.45. The Kier molecular flexibility index (Phi) is 5.06. The molecule has 0 saturated heterocycles. The number of rotatable bonds is 5. The topological polar surface area (TPSA) is 76.1 Å². The van der Waals surface area contributed by atoms with E-state index in [0.29, 0.717) is 23.6 Å². The zero-order chi connectivity index (χ0) is 20.0. The van der Waals surface area contributed by atoms with Crippen LogP contribution in [0.3, 0.4) is 0 Å². The number of benzene rings is 1. The van der Waals surface area contributed by atoms with E-state index in [1.807, 2.05) is 26.8 Å². The number of carbonyl (C=O) groups is 2. The first-order chi connectivity index (χ1) is 12.6. The van der Waals surface area contributed by atoms with Crippen LogP contribution < -0.4 is 4.74 Å². The lowest BCUT2D eigenvalue weighted by Gasteiger charge is -2.40. The van der Waals surface area contributed by atoms with Gasteiger partial charge < -0.3 is 14.6 Å². The van der Waals surface area contributed by atoms with Crippen molar-refractivity contribution in [3.63, 3.8) is 0 Å². The van der Waals surface area contributed by atoms with Crippen molar-refractivity contribution in [1.29, 1.82) is 0 Å². The molecule has 1 fully saturated rings. The van der Waals surface area contributed by atoms with Crippen LogP contribution in [0, 0.1) is 5.92 Å². The van der Waals surface area contributed by atoms with Crippen LogP contribution >= 0.6 is 11.6 Å². The van der Waals surface area contributed by atoms with E-state index in [0.717, 1.165) is 24.0 Å². The van der Waals surface area contributed by atoms with Crippen LogP contribution in [0.15, 0.2) is 12.1 Å². The molecule has 148 valence electrons. The van der Waals surface area contributed by atoms with Gasteiger partial charge in [0.1, 0.15) is 12.4 Å². The summed E-state index contributed by atoms with van der Waals surface area (Å²) in [6.45, 7) is 5.92. The van der Waals surface area contributed by atoms with E-state index in [-0.39, 0.29) is 18.5 Å². The number of hydrogen-bond donors (Lipinski definition) is 1. The minimum absolute atomic E-state index is 0.212. The van der Waals surface area contributed by atoms with Gasteiger partial charge in [0.15, 0.2) is 0 Å². The molecule has 6 nitrogen and oxygen atoms in total. The molecule has 2 aliphatic carbocycles. The molecule has 1 saturated carbocycles. The summed E-state index contributed by atoms with van der Waals surface area (Å²) in [7, 11) is 1.39. The highest BCUT2D eigenvalue weighted by molar-refractivity contribution is 6.33. The predicted octanol–water partition coefficient (Wildman–Crippen LogP) is 3.92. The van der Waals surface area contributed by atoms with Crippen molar-refractivity contribution in [3.05, 3.63) is 28.3 Å². The standard InChI is InChI=1S/C20H26ClNO5/c1-19(2,3)22(18(24)25)20(7-8-20)11-27-15-6-5-12-9-13(17(23)26-4)10-14(12)16(15)21/h5-6,13H,7-11H2,1-4H3,(H,24,25). The van der Waals surface area contributed by atoms with Crippen LogP contribution in [-0.2, 0) is 22.4 Å². The zero-order valence-electron chi connectivity index (χ0n) is 16.2. The zero-order valence-corrected chi connectivity index (χ0v) is 16.9. The van der Waals surface area contributed by atoms with Crippen molar-refractivity contribution in [1.82, 2.24) is 4.90 Å². The lowest BCUT2D eigenvalue weighted by atomic mass is 10.0. The fraction of sp³-hybridized carbons (Fsp3) is 0.600. The quantitative estimate of drug-likeness (QED) is 0.765. The molecule has 0 bridgehead atoms. The van der Waals surface area contributed by atoms with Crippen LogP contribution in [-0.4, -0.2) is 46.9 Å². The second-order valence-corrected chi connectivity index (χ2v) is 8.82. The van der Waals surface area contributed by atoms with Crippen LogP contribution in [0.1, 0.15) is 44.7 Å². The maximum Gasteiger partial charge on any atom is 0.408 e. The van der Waals surface area contributed by atoms with Crippen molar-refractivity contribution in [2.75, 3.05) is 13.7 Å². The van der Waals surface area contributed by atoms with Gasteiger partial charge in [0.25, 0.3) is 0 Å². The molecule has 1 unspecified atom stereocenters. The Labute approximate surface area is 164 Å². The highest BCUT2D eigenvalue weighted by Gasteiger charge is 2.55. The summed E-state index contributed by atoms with van der Waals surface area (Å²) in [6.07, 6.45) is 1.74. The normalized spacial score (nSPS) is 20.0. The molecule has 0 aromatic heterocycles. The van der Waals surface area contributed by atoms with E-state index in [1.54, 1.807) is 6.07 Å². The summed E-state index contributed by atoms with van der Waals surface area (Å²) in [5, 5.41) is 10.2. The lowest BCUT2D eigenvalue weighted by Crippen LogP contribution is -2.55. The molecule has 27 heavy (non-hydrogen) atoms. The average Bonchev–Trinajstić information content (AvgIpc) is 3.19. The first-order valence-electron chi connectivity index (χ1n) is 9.13. The van der Waals surface area contributed by atoms with Gasteiger partial charge in [-0.25, -0.2) is 4.79 Å². The molecule has 1 amide bonds. The first kappa shape index (κ1) is 19.8. The summed E-state index contributed by atoms with van der Waals surface area (Å²) < 4.78 is 10.8. The molecule has 1 aromatic carbocycles. The van der Waals surface area contributed by atoms with E-state index >= 15 is 0 Å². The van der Waals surface area contributed by atoms with Crippen LogP contribution in [0.2, 0.25) is 5.02 Å². The molecule has 1 atom stereocenters. The molecule has 7 heteroatoms. The van der Waals surface area contributed by atoms with Gasteiger partial charge >= 0.3 is 12.1 Å². The fourth-order valence-electron chi connectivity index (χ4n) is 4.07. The number of hydrogen-bond acceptors (Lipinski definition) is 4. The molecule has 0 heterocycles. The van der Waals surface area contributed by atoms with Crippen LogP contribution in [0.25, 0.3) is 0 Å². The monoisotopic (exact) mass is 395 g/mol. The van der Waals surface area contributed by atoms with Gasteiger partial charge in [-0.05, 0) is 63.6 Å². The number of carboxylic acid groups (broad SMARTS) is 1. The van der Waals surface area contributed by atoms with Gasteiger partial charge in [-0.3, -0.25) is 9.69 Å². The SMILES string of the molecule is COC(=O)C1Cc2ccc(OCC3(N(C(=O)O)C(C)(C)C)CC3)c(Cl)c2C1. The Morgan fingerprint density at radius 3 is 2.48 bits per heavy atom. The fourth-order valence-corrected chi connectivity index (χ4v) is 4.39. The third-order valence-electron chi connectivity index (χ3n) is 5.42. The largest absolute Gasteiger partial charge is 0.490 e. The maximum absolute atomic E-state index is 11.8. The van der Waals surface area contributed by atoms with Gasteiger partial charge in [-0.2, -0.15) is 0 Å². The minimum atomic E-state index is -0.940. The van der Waals surface area contributed by atoms with Gasteiger partial charge in [0.2, 0.25) is 0 Å². The average molecular weight is 396 g/mol. The molecule has 0 aliphatic heterocycles. The van der Waals surface area contributed by atoms with Gasteiger partial charge in [0.05, 0.1) is 23.6 Å². The third kappa shape index (κ3) is 3.72. The van der Waals surface area contributed by atoms with E-state index in [1.165, 1.54) is 12.0 Å². The van der Waals surface area contributed by atoms with E-state index in [4.69, 9.17) is 21.1 Å². The molecule has 2 aliphatic rings. The van der Waals surface area contributed by atoms with Gasteiger partial charge in [-0.1, -0.05) is 17.7 Å². The summed E-state index contributed by atoms with van der Waals surface area (Å²) in [4.78, 5) is 25.1. The van der Waals surface area contributed by atoms with Crippen molar-refractivity contribution in [3.8, 4) is 5.75 Å².